The molecule has 20 heavy (non-hydrogen) atoms. The Bertz CT molecular complexity index is 447. The molecule has 3 N–H and O–H groups in total. The van der Waals surface area contributed by atoms with Crippen LogP contribution in [0, 0.1) is 5.92 Å². The van der Waals surface area contributed by atoms with E-state index < -0.39 is 0 Å². The van der Waals surface area contributed by atoms with Crippen molar-refractivity contribution >= 4 is 27.5 Å². The number of benzene rings is 1. The molecule has 0 radical (unpaired) electrons. The summed E-state index contributed by atoms with van der Waals surface area (Å²) in [6.07, 6.45) is 7.25. The van der Waals surface area contributed by atoms with Crippen molar-refractivity contribution in [2.45, 2.75) is 51.5 Å². The number of rotatable bonds is 4. The first-order valence-corrected chi connectivity index (χ1v) is 8.24. The first-order chi connectivity index (χ1) is 9.58. The van der Waals surface area contributed by atoms with Crippen LogP contribution in [0.5, 0.6) is 0 Å². The van der Waals surface area contributed by atoms with Gasteiger partial charge in [-0.2, -0.15) is 0 Å². The highest BCUT2D eigenvalue weighted by atomic mass is 79.9. The fourth-order valence-corrected chi connectivity index (χ4v) is 3.53. The van der Waals surface area contributed by atoms with E-state index in [4.69, 9.17) is 5.73 Å². The lowest BCUT2D eigenvalue weighted by molar-refractivity contribution is 0.0921. The summed E-state index contributed by atoms with van der Waals surface area (Å²) in [5, 5.41) is 3.14. The van der Waals surface area contributed by atoms with E-state index in [0.29, 0.717) is 17.3 Å². The Balaban J connectivity index is 1.89. The average Bonchev–Trinajstić information content (AvgIpc) is 2.40. The van der Waals surface area contributed by atoms with Crippen LogP contribution in [0.2, 0.25) is 0 Å². The molecule has 0 aromatic heterocycles. The molecule has 1 amide bonds. The summed E-state index contributed by atoms with van der Waals surface area (Å²) in [6, 6.07) is 5.65. The fraction of sp³-hybridized carbons (Fsp3) is 0.562. The Morgan fingerprint density at radius 2 is 2.00 bits per heavy atom. The standard InChI is InChI=1S/C16H23BrN2O/c1-2-3-11-4-6-15(7-5-11)19-16(20)12-8-13(17)10-14(18)9-12/h8-11,15H,2-7,18H2,1H3,(H,19,20). The SMILES string of the molecule is CCCC1CCC(NC(=O)c2cc(N)cc(Br)c2)CC1. The minimum Gasteiger partial charge on any atom is -0.399 e. The molecule has 1 aromatic carbocycles. The molecular weight excluding hydrogens is 316 g/mol. The van der Waals surface area contributed by atoms with E-state index in [-0.39, 0.29) is 5.91 Å². The van der Waals surface area contributed by atoms with Crippen LogP contribution in [0.1, 0.15) is 55.8 Å². The van der Waals surface area contributed by atoms with Crippen LogP contribution < -0.4 is 11.1 Å². The summed E-state index contributed by atoms with van der Waals surface area (Å²) in [5.41, 5.74) is 7.01. The van der Waals surface area contributed by atoms with Crippen LogP contribution in [0.15, 0.2) is 22.7 Å². The highest BCUT2D eigenvalue weighted by Gasteiger charge is 2.22. The van der Waals surface area contributed by atoms with Crippen molar-refractivity contribution in [1.82, 2.24) is 5.32 Å². The zero-order valence-electron chi connectivity index (χ0n) is 12.0. The second-order valence-electron chi connectivity index (χ2n) is 5.75. The van der Waals surface area contributed by atoms with Crippen LogP contribution in [-0.2, 0) is 0 Å². The van der Waals surface area contributed by atoms with Crippen molar-refractivity contribution < 1.29 is 4.79 Å². The lowest BCUT2D eigenvalue weighted by atomic mass is 9.83. The molecular formula is C16H23BrN2O. The van der Waals surface area contributed by atoms with Crippen LogP contribution in [0.25, 0.3) is 0 Å². The van der Waals surface area contributed by atoms with Gasteiger partial charge in [0.15, 0.2) is 0 Å². The topological polar surface area (TPSA) is 55.1 Å². The Morgan fingerprint density at radius 3 is 2.60 bits per heavy atom. The summed E-state index contributed by atoms with van der Waals surface area (Å²) >= 11 is 3.37. The van der Waals surface area contributed by atoms with Crippen LogP contribution in [-0.4, -0.2) is 11.9 Å². The summed E-state index contributed by atoms with van der Waals surface area (Å²) < 4.78 is 0.842. The maximum Gasteiger partial charge on any atom is 0.251 e. The quantitative estimate of drug-likeness (QED) is 0.811. The second kappa shape index (κ2) is 7.11. The van der Waals surface area contributed by atoms with Crippen LogP contribution >= 0.6 is 15.9 Å². The maximum absolute atomic E-state index is 12.2. The number of nitrogens with one attached hydrogen (secondary N) is 1. The number of anilines is 1. The van der Waals surface area contributed by atoms with Crippen LogP contribution in [0.4, 0.5) is 5.69 Å². The molecule has 1 aromatic rings. The monoisotopic (exact) mass is 338 g/mol. The smallest absolute Gasteiger partial charge is 0.251 e. The Labute approximate surface area is 129 Å². The van der Waals surface area contributed by atoms with Gasteiger partial charge in [0.25, 0.3) is 5.91 Å². The molecule has 0 atom stereocenters. The molecule has 1 aliphatic rings. The van der Waals surface area contributed by atoms with E-state index in [2.05, 4.69) is 28.2 Å². The van der Waals surface area contributed by atoms with Crippen molar-refractivity contribution in [3.8, 4) is 0 Å². The van der Waals surface area contributed by atoms with Gasteiger partial charge in [-0.25, -0.2) is 0 Å². The summed E-state index contributed by atoms with van der Waals surface area (Å²) in [5.74, 6) is 0.839. The summed E-state index contributed by atoms with van der Waals surface area (Å²) in [4.78, 5) is 12.2. The summed E-state index contributed by atoms with van der Waals surface area (Å²) in [7, 11) is 0. The van der Waals surface area contributed by atoms with Crippen molar-refractivity contribution in [2.24, 2.45) is 5.92 Å². The third-order valence-corrected chi connectivity index (χ3v) is 4.52. The molecule has 4 heteroatoms. The molecule has 0 bridgehead atoms. The van der Waals surface area contributed by atoms with Gasteiger partial charge in [0.05, 0.1) is 0 Å². The lowest BCUT2D eigenvalue weighted by Gasteiger charge is -2.29. The van der Waals surface area contributed by atoms with Gasteiger partial charge in [0.1, 0.15) is 0 Å². The predicted molar refractivity (Wildman–Crippen MR) is 86.7 cm³/mol. The third-order valence-electron chi connectivity index (χ3n) is 4.06. The zero-order chi connectivity index (χ0) is 14.5. The molecule has 0 unspecified atom stereocenters. The van der Waals surface area contributed by atoms with E-state index in [1.54, 1.807) is 12.1 Å². The van der Waals surface area contributed by atoms with Crippen molar-refractivity contribution in [3.05, 3.63) is 28.2 Å². The predicted octanol–water partition coefficient (Wildman–Crippen LogP) is 4.12. The highest BCUT2D eigenvalue weighted by Crippen LogP contribution is 2.28. The van der Waals surface area contributed by atoms with E-state index in [1.165, 1.54) is 25.7 Å². The largest absolute Gasteiger partial charge is 0.399 e. The van der Waals surface area contributed by atoms with Gasteiger partial charge in [-0.05, 0) is 49.8 Å². The molecule has 3 nitrogen and oxygen atoms in total. The Kier molecular flexibility index (Phi) is 5.46. The maximum atomic E-state index is 12.2. The third kappa shape index (κ3) is 4.23. The molecule has 110 valence electrons. The minimum absolute atomic E-state index is 0.0167. The number of carbonyl (C=O) groups is 1. The summed E-state index contributed by atoms with van der Waals surface area (Å²) in [6.45, 7) is 2.24. The fourth-order valence-electron chi connectivity index (χ4n) is 3.02. The number of halogens is 1. The first kappa shape index (κ1) is 15.4. The first-order valence-electron chi connectivity index (χ1n) is 7.45. The van der Waals surface area contributed by atoms with Crippen molar-refractivity contribution in [1.29, 1.82) is 0 Å². The molecule has 0 aliphatic heterocycles. The normalized spacial score (nSPS) is 22.5. The second-order valence-corrected chi connectivity index (χ2v) is 6.67. The molecule has 1 saturated carbocycles. The average molecular weight is 339 g/mol. The molecule has 0 spiro atoms. The van der Waals surface area contributed by atoms with Gasteiger partial charge < -0.3 is 11.1 Å². The molecule has 0 heterocycles. The van der Waals surface area contributed by atoms with E-state index in [0.717, 1.165) is 23.2 Å². The molecule has 0 saturated heterocycles. The minimum atomic E-state index is -0.0167. The molecule has 1 aliphatic carbocycles. The van der Waals surface area contributed by atoms with Gasteiger partial charge in [0, 0.05) is 21.8 Å². The van der Waals surface area contributed by atoms with Gasteiger partial charge in [-0.3, -0.25) is 4.79 Å². The Morgan fingerprint density at radius 1 is 1.30 bits per heavy atom. The van der Waals surface area contributed by atoms with E-state index in [9.17, 15) is 4.79 Å². The number of hydrogen-bond donors (Lipinski definition) is 2. The number of hydrogen-bond acceptors (Lipinski definition) is 2. The molecule has 2 rings (SSSR count). The van der Waals surface area contributed by atoms with E-state index >= 15 is 0 Å². The number of nitrogen functional groups attached to an aromatic ring is 1. The number of nitrogens with two attached hydrogens (primary N) is 1. The van der Waals surface area contributed by atoms with Crippen LogP contribution in [0.3, 0.4) is 0 Å². The number of amides is 1. The molecule has 1 fully saturated rings. The van der Waals surface area contributed by atoms with Crippen molar-refractivity contribution in [3.63, 3.8) is 0 Å². The number of carbonyl (C=O) groups excluding carboxylic acids is 1. The lowest BCUT2D eigenvalue weighted by Crippen LogP contribution is -2.37. The van der Waals surface area contributed by atoms with Gasteiger partial charge in [-0.1, -0.05) is 35.7 Å². The van der Waals surface area contributed by atoms with Gasteiger partial charge in [0.2, 0.25) is 0 Å². The van der Waals surface area contributed by atoms with Gasteiger partial charge in [-0.15, -0.1) is 0 Å². The van der Waals surface area contributed by atoms with Gasteiger partial charge >= 0.3 is 0 Å². The zero-order valence-corrected chi connectivity index (χ0v) is 13.6. The Hall–Kier alpha value is -1.03. The highest BCUT2D eigenvalue weighted by molar-refractivity contribution is 9.10. The van der Waals surface area contributed by atoms with Crippen molar-refractivity contribution in [2.75, 3.05) is 5.73 Å². The van der Waals surface area contributed by atoms with E-state index in [1.807, 2.05) is 6.07 Å².